The van der Waals surface area contributed by atoms with Crippen LogP contribution in [0.15, 0.2) is 0 Å². The Bertz CT molecular complexity index is 501. The number of aromatic nitrogens is 2. The van der Waals surface area contributed by atoms with Crippen molar-refractivity contribution in [2.24, 2.45) is 0 Å². The fourth-order valence-corrected chi connectivity index (χ4v) is 3.71. The highest BCUT2D eigenvalue weighted by molar-refractivity contribution is 5.32. The molecule has 1 saturated carbocycles. The second kappa shape index (κ2) is 6.01. The highest BCUT2D eigenvalue weighted by atomic mass is 16.5. The van der Waals surface area contributed by atoms with Crippen LogP contribution in [0.25, 0.3) is 0 Å². The third-order valence-corrected chi connectivity index (χ3v) is 4.76. The summed E-state index contributed by atoms with van der Waals surface area (Å²) in [6.07, 6.45) is 5.86. The molecule has 4 nitrogen and oxygen atoms in total. The van der Waals surface area contributed by atoms with E-state index in [1.54, 1.807) is 0 Å². The molecule has 116 valence electrons. The van der Waals surface area contributed by atoms with E-state index in [1.165, 1.54) is 36.2 Å². The lowest BCUT2D eigenvalue weighted by Crippen LogP contribution is -2.35. The van der Waals surface area contributed by atoms with E-state index in [0.717, 1.165) is 38.4 Å². The molecule has 0 atom stereocenters. The molecule has 1 aliphatic carbocycles. The lowest BCUT2D eigenvalue weighted by molar-refractivity contribution is -0.0769. The number of hydrogen-bond acceptors (Lipinski definition) is 4. The minimum Gasteiger partial charge on any atom is -0.367 e. The van der Waals surface area contributed by atoms with Crippen LogP contribution in [0.1, 0.15) is 81.6 Å². The van der Waals surface area contributed by atoms with Gasteiger partial charge in [-0.2, -0.15) is 0 Å². The van der Waals surface area contributed by atoms with Crippen molar-refractivity contribution < 1.29 is 4.74 Å². The molecule has 0 aromatic carbocycles. The Labute approximate surface area is 127 Å². The van der Waals surface area contributed by atoms with Gasteiger partial charge in [-0.15, -0.1) is 0 Å². The number of ether oxygens (including phenoxy) is 1. The molecule has 0 saturated heterocycles. The first kappa shape index (κ1) is 14.9. The molecular weight excluding hydrogens is 262 g/mol. The summed E-state index contributed by atoms with van der Waals surface area (Å²) in [4.78, 5) is 9.89. The Hall–Kier alpha value is -1.00. The summed E-state index contributed by atoms with van der Waals surface area (Å²) < 4.78 is 6.21. The molecule has 0 amide bonds. The SMILES string of the molecule is CCOC1(c2nc3c(c(C(C)C)n2)CNC3)CCCCC1. The van der Waals surface area contributed by atoms with Gasteiger partial charge in [0.05, 0.1) is 11.4 Å². The first-order valence-corrected chi connectivity index (χ1v) is 8.41. The van der Waals surface area contributed by atoms with Crippen molar-refractivity contribution in [3.8, 4) is 0 Å². The van der Waals surface area contributed by atoms with E-state index >= 15 is 0 Å². The summed E-state index contributed by atoms with van der Waals surface area (Å²) in [5, 5.41) is 3.41. The molecule has 1 N–H and O–H groups in total. The average Bonchev–Trinajstić information content (AvgIpc) is 2.95. The van der Waals surface area contributed by atoms with Gasteiger partial charge in [0.2, 0.25) is 0 Å². The average molecular weight is 289 g/mol. The van der Waals surface area contributed by atoms with Crippen LogP contribution >= 0.6 is 0 Å². The monoisotopic (exact) mass is 289 g/mol. The first-order valence-electron chi connectivity index (χ1n) is 8.41. The summed E-state index contributed by atoms with van der Waals surface area (Å²) in [6, 6.07) is 0. The van der Waals surface area contributed by atoms with Crippen molar-refractivity contribution in [2.45, 2.75) is 77.5 Å². The van der Waals surface area contributed by atoms with Crippen LogP contribution in [0.4, 0.5) is 0 Å². The zero-order chi connectivity index (χ0) is 14.9. The van der Waals surface area contributed by atoms with E-state index < -0.39 is 0 Å². The molecule has 0 unspecified atom stereocenters. The van der Waals surface area contributed by atoms with E-state index in [1.807, 2.05) is 0 Å². The Morgan fingerprint density at radius 1 is 1.14 bits per heavy atom. The maximum absolute atomic E-state index is 6.21. The molecule has 0 radical (unpaired) electrons. The summed E-state index contributed by atoms with van der Waals surface area (Å²) >= 11 is 0. The van der Waals surface area contributed by atoms with Gasteiger partial charge < -0.3 is 10.1 Å². The zero-order valence-electron chi connectivity index (χ0n) is 13.5. The first-order chi connectivity index (χ1) is 10.2. The summed E-state index contributed by atoms with van der Waals surface area (Å²) in [6.45, 7) is 9.03. The summed E-state index contributed by atoms with van der Waals surface area (Å²) in [5.74, 6) is 1.37. The van der Waals surface area contributed by atoms with E-state index in [0.29, 0.717) is 5.92 Å². The zero-order valence-corrected chi connectivity index (χ0v) is 13.5. The molecule has 2 aliphatic rings. The molecule has 21 heavy (non-hydrogen) atoms. The Kier molecular flexibility index (Phi) is 4.27. The third-order valence-electron chi connectivity index (χ3n) is 4.76. The van der Waals surface area contributed by atoms with Crippen molar-refractivity contribution in [3.05, 3.63) is 22.8 Å². The second-order valence-corrected chi connectivity index (χ2v) is 6.60. The molecule has 1 aromatic rings. The normalized spacial score (nSPS) is 20.8. The number of nitrogens with zero attached hydrogens (tertiary/aromatic N) is 2. The standard InChI is InChI=1S/C17H27N3O/c1-4-21-17(8-6-5-7-9-17)16-19-14-11-18-10-13(14)15(20-16)12(2)3/h12,18H,4-11H2,1-3H3. The van der Waals surface area contributed by atoms with Crippen LogP contribution < -0.4 is 5.32 Å². The number of rotatable bonds is 4. The number of nitrogens with one attached hydrogen (secondary N) is 1. The Balaban J connectivity index is 2.06. The van der Waals surface area contributed by atoms with Gasteiger partial charge in [0.15, 0.2) is 5.82 Å². The number of hydrogen-bond donors (Lipinski definition) is 1. The summed E-state index contributed by atoms with van der Waals surface area (Å²) in [5.41, 5.74) is 3.48. The molecule has 1 aromatic heterocycles. The maximum atomic E-state index is 6.21. The smallest absolute Gasteiger partial charge is 0.160 e. The molecule has 0 bridgehead atoms. The third kappa shape index (κ3) is 2.71. The molecule has 1 aliphatic heterocycles. The molecule has 2 heterocycles. The molecule has 4 heteroatoms. The van der Waals surface area contributed by atoms with Gasteiger partial charge in [-0.3, -0.25) is 0 Å². The molecule has 0 spiro atoms. The van der Waals surface area contributed by atoms with Crippen molar-refractivity contribution in [1.29, 1.82) is 0 Å². The van der Waals surface area contributed by atoms with Crippen LogP contribution in [0.5, 0.6) is 0 Å². The van der Waals surface area contributed by atoms with Gasteiger partial charge in [0, 0.05) is 25.3 Å². The topological polar surface area (TPSA) is 47.0 Å². The van der Waals surface area contributed by atoms with Crippen molar-refractivity contribution >= 4 is 0 Å². The maximum Gasteiger partial charge on any atom is 0.160 e. The van der Waals surface area contributed by atoms with Gasteiger partial charge >= 0.3 is 0 Å². The van der Waals surface area contributed by atoms with E-state index in [2.05, 4.69) is 26.1 Å². The van der Waals surface area contributed by atoms with Gasteiger partial charge in [-0.05, 0) is 25.7 Å². The van der Waals surface area contributed by atoms with E-state index in [4.69, 9.17) is 14.7 Å². The highest BCUT2D eigenvalue weighted by Gasteiger charge is 2.39. The van der Waals surface area contributed by atoms with Crippen LogP contribution in [-0.2, 0) is 23.4 Å². The van der Waals surface area contributed by atoms with Crippen molar-refractivity contribution in [1.82, 2.24) is 15.3 Å². The van der Waals surface area contributed by atoms with Gasteiger partial charge in [0.25, 0.3) is 0 Å². The van der Waals surface area contributed by atoms with Gasteiger partial charge in [0.1, 0.15) is 5.60 Å². The Morgan fingerprint density at radius 2 is 1.90 bits per heavy atom. The predicted octanol–water partition coefficient (Wildman–Crippen LogP) is 3.40. The van der Waals surface area contributed by atoms with Gasteiger partial charge in [-0.1, -0.05) is 33.1 Å². The second-order valence-electron chi connectivity index (χ2n) is 6.60. The van der Waals surface area contributed by atoms with Gasteiger partial charge in [-0.25, -0.2) is 9.97 Å². The fourth-order valence-electron chi connectivity index (χ4n) is 3.71. The van der Waals surface area contributed by atoms with Crippen molar-refractivity contribution in [2.75, 3.05) is 6.61 Å². The fraction of sp³-hybridized carbons (Fsp3) is 0.765. The van der Waals surface area contributed by atoms with Crippen LogP contribution in [0.2, 0.25) is 0 Å². The van der Waals surface area contributed by atoms with Crippen LogP contribution in [0.3, 0.4) is 0 Å². The van der Waals surface area contributed by atoms with E-state index in [9.17, 15) is 0 Å². The Morgan fingerprint density at radius 3 is 2.57 bits per heavy atom. The van der Waals surface area contributed by atoms with Crippen LogP contribution in [0, 0.1) is 0 Å². The van der Waals surface area contributed by atoms with Crippen molar-refractivity contribution in [3.63, 3.8) is 0 Å². The largest absolute Gasteiger partial charge is 0.367 e. The molecule has 3 rings (SSSR count). The molecular formula is C17H27N3O. The quantitative estimate of drug-likeness (QED) is 0.923. The van der Waals surface area contributed by atoms with E-state index in [-0.39, 0.29) is 5.60 Å². The summed E-state index contributed by atoms with van der Waals surface area (Å²) in [7, 11) is 0. The lowest BCUT2D eigenvalue weighted by atomic mass is 9.83. The van der Waals surface area contributed by atoms with Crippen LogP contribution in [-0.4, -0.2) is 16.6 Å². The highest BCUT2D eigenvalue weighted by Crippen LogP contribution is 2.40. The molecule has 1 fully saturated rings. The number of fused-ring (bicyclic) bond motifs is 1. The minimum atomic E-state index is -0.242. The predicted molar refractivity (Wildman–Crippen MR) is 83.1 cm³/mol. The minimum absolute atomic E-state index is 0.242. The lowest BCUT2D eigenvalue weighted by Gasteiger charge is -2.36.